The minimum atomic E-state index is -3.11. The lowest BCUT2D eigenvalue weighted by Gasteiger charge is -2.17. The predicted octanol–water partition coefficient (Wildman–Crippen LogP) is 13.0. The highest BCUT2D eigenvalue weighted by molar-refractivity contribution is 7.60. The predicted molar refractivity (Wildman–Crippen MR) is 545 cm³/mol. The monoisotopic (exact) mass is 2140 g/mol. The smallest absolute Gasteiger partial charge is 0.425 e. The highest BCUT2D eigenvalue weighted by Crippen LogP contribution is 2.42. The van der Waals surface area contributed by atoms with Gasteiger partial charge >= 0.3 is 55.7 Å². The number of esters is 2. The van der Waals surface area contributed by atoms with Crippen LogP contribution in [-0.4, -0.2) is 416 Å². The molecule has 0 heterocycles. The Kier molecular flexibility index (Phi) is 141. The Morgan fingerprint density at radius 2 is 0.534 bits per heavy atom. The second-order valence-electron chi connectivity index (χ2n) is 31.4. The van der Waals surface area contributed by atoms with Crippen molar-refractivity contribution >= 4 is 131 Å². The van der Waals surface area contributed by atoms with Gasteiger partial charge in [0, 0.05) is 106 Å². The summed E-state index contributed by atoms with van der Waals surface area (Å²) in [6.07, 6.45) is 32.8. The SMILES string of the molecule is CC(=O)CCCP(CCCC(=O)O)CCCC(=O)OC(C)C.CC(=O)CCP(CCC(=O)O)CCC(=O)OC(C)C.CC(C)OCCP(CCO)CCO.CC(C)OCP(CO)CO.CCCCP(CCCO)CCOC(C)C.COCCCP(CCCO)CCCOC(C)C.COCCP(CCO)CCOC(C)C.COCP(CO)COC(C)C.O=S(=O)=O.O=S(=O)=O.O=S(=O)=O. The lowest BCUT2D eigenvalue weighted by Crippen LogP contribution is -2.13. The topological polar surface area (TPSA) is 560 Å². The molecule has 802 valence electrons. The molecule has 0 aliphatic heterocycles. The summed E-state index contributed by atoms with van der Waals surface area (Å²) in [5, 5.41) is 87.6. The highest BCUT2D eigenvalue weighted by Gasteiger charge is 2.18. The second-order valence-corrected chi connectivity index (χ2v) is 53.0. The molecule has 0 saturated carbocycles. The maximum absolute atomic E-state index is 11.5. The summed E-state index contributed by atoms with van der Waals surface area (Å²) in [5.74, 6) is -1.72. The molecule has 6 atom stereocenters. The minimum absolute atomic E-state index is 0.0541. The van der Waals surface area contributed by atoms with Crippen LogP contribution in [0.1, 0.15) is 228 Å². The van der Waals surface area contributed by atoms with Crippen molar-refractivity contribution in [3.05, 3.63) is 0 Å². The number of hydrogen-bond donors (Lipinski definition) is 10. The molecule has 36 nitrogen and oxygen atoms in total. The summed E-state index contributed by atoms with van der Waals surface area (Å²) in [6.45, 7) is 43.3. The number of rotatable bonds is 73. The van der Waals surface area contributed by atoms with Crippen LogP contribution in [0.2, 0.25) is 0 Å². The molecule has 47 heteroatoms. The molecule has 0 bridgehead atoms. The van der Waals surface area contributed by atoms with E-state index < -0.39 is 67.5 Å². The van der Waals surface area contributed by atoms with Gasteiger partial charge in [-0.2, -0.15) is 0 Å². The van der Waals surface area contributed by atoms with Gasteiger partial charge in [-0.3, -0.25) is 19.2 Å². The number of hydrogen-bond acceptors (Lipinski definition) is 34. The van der Waals surface area contributed by atoms with Crippen LogP contribution in [0.25, 0.3) is 0 Å². The van der Waals surface area contributed by atoms with Gasteiger partial charge in [0.05, 0.1) is 113 Å². The normalized spacial score (nSPS) is 12.1. The Bertz CT molecular complexity index is 2740. The van der Waals surface area contributed by atoms with Crippen molar-refractivity contribution in [1.82, 2.24) is 0 Å². The standard InChI is InChI=1S/C16H29O5P.C13H23O5P.C13H29O3P.C12H27O2P.C10H23O3P.C9H21O3P.C7H17O3P.C6H15O3P.3O3S/c1-13(2)21-16(20)9-6-12-22(10-4-7-14(3)17)11-5-8-15(18)19;1-10(2)18-13(17)6-9-19(7-4-11(3)14)8-5-12(15)16;1-13(2)16-9-6-12-17(10-4-7-14)11-5-8-15-3;1-4-5-9-15(10-6-7-13)11-8-14-12(2)3;1-10(2)13-6-9-14(7-4-11)8-5-12-3;1-9(2)12-5-8-13(6-3-10)7-4-11;1-7(2)10-6-11(4-8)5-9-3;1-6(2)9-5-10(3-7)4-8;3*1-4(2)3/h13H,4-12H2,1-3H3,(H,18,19);10H,4-9H2,1-3H3,(H,15,16);13-14H,4-12H2,1-3H3;12-13H,4-11H2,1-3H3;10-11H,4-9H2,1-3H3;9-11H,3-8H2,1-2H3;7-8H,4-6H2,1-3H3;6-8H,3-5H2,1-2H3;;;. The van der Waals surface area contributed by atoms with E-state index in [1.807, 2.05) is 69.2 Å². The number of aliphatic carboxylic acids is 2. The number of ketones is 2. The molecule has 10 N–H and O–H groups in total. The first-order chi connectivity index (χ1) is 62.5. The van der Waals surface area contributed by atoms with E-state index in [0.717, 1.165) is 134 Å². The first-order valence-corrected chi connectivity index (χ1v) is 63.7. The molecule has 0 aliphatic carbocycles. The van der Waals surface area contributed by atoms with E-state index in [1.165, 1.54) is 56.7 Å². The van der Waals surface area contributed by atoms with Crippen LogP contribution in [0.15, 0.2) is 0 Å². The van der Waals surface area contributed by atoms with E-state index in [1.54, 1.807) is 42.1 Å². The van der Waals surface area contributed by atoms with Gasteiger partial charge in [-0.05, 0) is 303 Å². The third-order valence-electron chi connectivity index (χ3n) is 16.0. The van der Waals surface area contributed by atoms with Crippen molar-refractivity contribution in [3.63, 3.8) is 0 Å². The van der Waals surface area contributed by atoms with Gasteiger partial charge in [0.1, 0.15) is 11.6 Å². The Labute approximate surface area is 815 Å². The third-order valence-corrected chi connectivity index (χ3v) is 34.8. The number of aliphatic hydroxyl groups excluding tert-OH is 8. The Morgan fingerprint density at radius 1 is 0.256 bits per heavy atom. The maximum Gasteiger partial charge on any atom is 0.425 e. The zero-order chi connectivity index (χ0) is 105. The molecule has 0 amide bonds. The highest BCUT2D eigenvalue weighted by atomic mass is 32.2. The van der Waals surface area contributed by atoms with Crippen molar-refractivity contribution in [3.8, 4) is 0 Å². The minimum Gasteiger partial charge on any atom is -0.481 e. The second kappa shape index (κ2) is 121. The van der Waals surface area contributed by atoms with E-state index >= 15 is 0 Å². The molecule has 133 heavy (non-hydrogen) atoms. The van der Waals surface area contributed by atoms with Gasteiger partial charge in [-0.25, -0.2) is 0 Å². The van der Waals surface area contributed by atoms with Crippen molar-refractivity contribution in [2.45, 2.75) is 277 Å². The first kappa shape index (κ1) is 155. The number of carbonyl (C=O) groups excluding carboxylic acids is 4. The molecule has 0 aromatic heterocycles. The van der Waals surface area contributed by atoms with Crippen LogP contribution in [0.4, 0.5) is 0 Å². The lowest BCUT2D eigenvalue weighted by atomic mass is 10.3. The number of ether oxygens (including phenoxy) is 11. The lowest BCUT2D eigenvalue weighted by molar-refractivity contribution is -0.148. The van der Waals surface area contributed by atoms with Crippen molar-refractivity contribution in [2.24, 2.45) is 0 Å². The van der Waals surface area contributed by atoms with E-state index in [2.05, 4.69) is 34.6 Å². The fraction of sp³-hybridized carbons (Fsp3) is 0.930. The summed E-state index contributed by atoms with van der Waals surface area (Å²) in [6, 6.07) is 0. The number of Topliss-reactive ketones (excluding diaryl/α,β-unsaturated/α-hetero) is 2. The molecule has 6 unspecified atom stereocenters. The van der Waals surface area contributed by atoms with Gasteiger partial charge in [-0.15, -0.1) is 69.6 Å². The van der Waals surface area contributed by atoms with Crippen molar-refractivity contribution in [2.75, 3.05) is 243 Å². The third kappa shape index (κ3) is 168. The maximum atomic E-state index is 11.5. The number of carbonyl (C=O) groups is 6. The van der Waals surface area contributed by atoms with E-state index in [0.29, 0.717) is 101 Å². The molecule has 0 aliphatic rings. The van der Waals surface area contributed by atoms with Crippen molar-refractivity contribution < 1.29 is 170 Å². The number of carboxylic acid groups (broad SMARTS) is 2. The summed E-state index contributed by atoms with van der Waals surface area (Å²) >= 11 is 0. The summed E-state index contributed by atoms with van der Waals surface area (Å²) < 4.78 is 134. The fourth-order valence-electron chi connectivity index (χ4n) is 9.77. The number of unbranched alkanes of at least 4 members (excludes halogenated alkanes) is 1. The summed E-state index contributed by atoms with van der Waals surface area (Å²) in [5.41, 5.74) is 0. The number of carboxylic acids is 2. The number of methoxy groups -OCH3 is 3. The van der Waals surface area contributed by atoms with Crippen LogP contribution < -0.4 is 0 Å². The zero-order valence-electron chi connectivity index (χ0n) is 84.9. The van der Waals surface area contributed by atoms with Crippen LogP contribution in [0.3, 0.4) is 0 Å². The summed E-state index contributed by atoms with van der Waals surface area (Å²) in [7, 11) is -6.41. The average Bonchev–Trinajstić information content (AvgIpc) is 0.935. The van der Waals surface area contributed by atoms with E-state index in [-0.39, 0.29) is 145 Å². The molecular formula is C86H184O36P8S3. The van der Waals surface area contributed by atoms with Gasteiger partial charge in [0.2, 0.25) is 0 Å². The molecule has 0 spiro atoms. The van der Waals surface area contributed by atoms with E-state index in [9.17, 15) is 28.8 Å². The van der Waals surface area contributed by atoms with Crippen LogP contribution >= 0.6 is 63.4 Å². The molecule has 0 saturated heterocycles. The van der Waals surface area contributed by atoms with Crippen LogP contribution in [-0.2, 0) is 113 Å². The quantitative estimate of drug-likeness (QED) is 0.0154. The molecule has 0 aromatic rings. The van der Waals surface area contributed by atoms with E-state index in [4.69, 9.17) is 141 Å². The van der Waals surface area contributed by atoms with Gasteiger partial charge in [0.25, 0.3) is 0 Å². The fourth-order valence-corrected chi connectivity index (χ4v) is 24.6. The van der Waals surface area contributed by atoms with Crippen LogP contribution in [0, 0.1) is 0 Å². The Hall–Kier alpha value is -1.16. The van der Waals surface area contributed by atoms with Crippen LogP contribution in [0.5, 0.6) is 0 Å². The van der Waals surface area contributed by atoms with Gasteiger partial charge in [0.15, 0.2) is 0 Å². The molecule has 0 radical (unpaired) electrons. The molecule has 0 fully saturated rings. The Morgan fingerprint density at radius 3 is 0.857 bits per heavy atom. The summed E-state index contributed by atoms with van der Waals surface area (Å²) in [4.78, 5) is 66.1. The van der Waals surface area contributed by atoms with Gasteiger partial charge < -0.3 is 113 Å². The first-order valence-electron chi connectivity index (χ1n) is 45.5. The molecule has 0 aromatic carbocycles. The molecular weight excluding hydrogens is 1950 g/mol. The molecule has 0 rings (SSSR count). The zero-order valence-corrected chi connectivity index (χ0v) is 94.5. The average molecular weight is 2140 g/mol. The largest absolute Gasteiger partial charge is 0.481 e. The van der Waals surface area contributed by atoms with Gasteiger partial charge in [-0.1, -0.05) is 29.2 Å². The number of aliphatic hydroxyl groups is 8. The Balaban J connectivity index is -0.000000141. The van der Waals surface area contributed by atoms with Crippen molar-refractivity contribution in [1.29, 1.82) is 0 Å².